The second kappa shape index (κ2) is 28.5. The highest BCUT2D eigenvalue weighted by molar-refractivity contribution is 7.99. The monoisotopic (exact) mass is 1270 g/mol. The number of piperazine rings is 1. The Morgan fingerprint density at radius 1 is 0.818 bits per heavy atom. The predicted octanol–water partition coefficient (Wildman–Crippen LogP) is 9.39. The number of hydrogen-bond donors (Lipinski definition) is 5. The molecule has 1 aliphatic carbocycles. The van der Waals surface area contributed by atoms with Crippen LogP contribution < -0.4 is 30.9 Å². The number of amides is 5. The maximum Gasteiger partial charge on any atom is 0.501 e. The summed E-state index contributed by atoms with van der Waals surface area (Å²) < 4.78 is 99.7. The first kappa shape index (κ1) is 65.9. The van der Waals surface area contributed by atoms with Crippen molar-refractivity contribution in [3.63, 3.8) is 0 Å². The molecule has 4 aliphatic heterocycles. The maximum absolute atomic E-state index is 14.5. The molecule has 4 aromatic rings. The third kappa shape index (κ3) is 16.1. The highest BCUT2D eigenvalue weighted by Crippen LogP contribution is 2.43. The number of imide groups is 2. The van der Waals surface area contributed by atoms with E-state index in [1.165, 1.54) is 40.6 Å². The second-order valence-electron chi connectivity index (χ2n) is 24.3. The molecule has 5 aliphatic rings. The van der Waals surface area contributed by atoms with E-state index in [0.29, 0.717) is 37.0 Å². The van der Waals surface area contributed by atoms with Gasteiger partial charge in [0, 0.05) is 91.9 Å². The van der Waals surface area contributed by atoms with Crippen LogP contribution in [0, 0.1) is 5.41 Å². The van der Waals surface area contributed by atoms with Gasteiger partial charge in [0.2, 0.25) is 11.8 Å². The van der Waals surface area contributed by atoms with Gasteiger partial charge in [-0.15, -0.1) is 11.8 Å². The minimum Gasteiger partial charge on any atom is -0.384 e. The average molecular weight is 1270 g/mol. The fourth-order valence-electron chi connectivity index (χ4n) is 12.2. The van der Waals surface area contributed by atoms with E-state index >= 15 is 0 Å². The lowest BCUT2D eigenvalue weighted by molar-refractivity contribution is -0.136. The van der Waals surface area contributed by atoms with Gasteiger partial charge in [-0.3, -0.25) is 39.1 Å². The summed E-state index contributed by atoms with van der Waals surface area (Å²) in [7, 11) is -11.0. The number of hydrogen-bond acceptors (Lipinski definition) is 16. The number of benzene rings is 4. The third-order valence-electron chi connectivity index (χ3n) is 17.3. The Morgan fingerprint density at radius 3 is 2.23 bits per heavy atom. The molecule has 0 radical (unpaired) electrons. The number of anilines is 3. The number of carbonyl (C=O) groups is 5. The fraction of sp³-hybridized carbons (Fsp3) is 0.484. The van der Waals surface area contributed by atoms with E-state index in [0.717, 1.165) is 138 Å². The third-order valence-corrected chi connectivity index (χ3v) is 21.3. The summed E-state index contributed by atoms with van der Waals surface area (Å²) in [5, 5.41) is 12.2. The summed E-state index contributed by atoms with van der Waals surface area (Å²) >= 11 is 1.43. The van der Waals surface area contributed by atoms with E-state index in [1.54, 1.807) is 30.3 Å². The number of piperidine rings is 2. The second-order valence-corrected chi connectivity index (χ2v) is 28.9. The number of sulfone groups is 1. The van der Waals surface area contributed by atoms with Crippen molar-refractivity contribution in [2.24, 2.45) is 5.41 Å². The van der Waals surface area contributed by atoms with Gasteiger partial charge in [0.15, 0.2) is 0 Å². The number of carbonyl (C=O) groups excluding carboxylic acids is 5. The number of nitrogens with zero attached hydrogens (tertiary/aromatic N) is 4. The van der Waals surface area contributed by atoms with E-state index < -0.39 is 82.5 Å². The molecule has 5 amide bonds. The Hall–Kier alpha value is -6.57. The van der Waals surface area contributed by atoms with Gasteiger partial charge in [0.25, 0.3) is 37.6 Å². The number of nitrogens with one attached hydrogen (secondary N) is 5. The topological polar surface area (TPSA) is 227 Å². The average Bonchev–Trinajstić information content (AvgIpc) is 1.57. The molecule has 5 N–H and O–H groups in total. The van der Waals surface area contributed by atoms with Crippen LogP contribution in [-0.2, 0) is 29.4 Å². The van der Waals surface area contributed by atoms with E-state index in [9.17, 15) is 54.0 Å². The molecule has 0 aromatic heterocycles. The number of rotatable bonds is 26. The van der Waals surface area contributed by atoms with Gasteiger partial charge in [-0.25, -0.2) is 21.6 Å². The molecule has 1 unspecified atom stereocenters. The molecule has 2 atom stereocenters. The number of thioether (sulfide) groups is 1. The summed E-state index contributed by atoms with van der Waals surface area (Å²) in [6.07, 6.45) is 8.98. The smallest absolute Gasteiger partial charge is 0.384 e. The zero-order chi connectivity index (χ0) is 63.0. The molecule has 3 saturated heterocycles. The van der Waals surface area contributed by atoms with Gasteiger partial charge < -0.3 is 25.8 Å². The van der Waals surface area contributed by atoms with Crippen LogP contribution in [0.5, 0.6) is 0 Å². The first-order chi connectivity index (χ1) is 41.9. The van der Waals surface area contributed by atoms with Gasteiger partial charge in [-0.1, -0.05) is 69.2 Å². The van der Waals surface area contributed by atoms with Gasteiger partial charge in [-0.2, -0.15) is 13.2 Å². The van der Waals surface area contributed by atoms with E-state index in [1.807, 2.05) is 35.1 Å². The van der Waals surface area contributed by atoms with E-state index in [4.69, 9.17) is 0 Å². The number of unbranched alkanes of at least 4 members (excludes halogenated alkanes) is 1. The first-order valence-electron chi connectivity index (χ1n) is 30.4. The van der Waals surface area contributed by atoms with Crippen LogP contribution in [0.3, 0.4) is 0 Å². The maximum atomic E-state index is 14.5. The van der Waals surface area contributed by atoms with Crippen molar-refractivity contribution in [3.8, 4) is 0 Å². The highest BCUT2D eigenvalue weighted by atomic mass is 32.2. The summed E-state index contributed by atoms with van der Waals surface area (Å²) in [6.45, 7) is 18.5. The van der Waals surface area contributed by atoms with Gasteiger partial charge in [0.1, 0.15) is 10.9 Å². The molecule has 0 bridgehead atoms. The molecule has 0 saturated carbocycles. The number of alkyl halides is 3. The Kier molecular flexibility index (Phi) is 21.3. The van der Waals surface area contributed by atoms with Crippen LogP contribution >= 0.6 is 11.8 Å². The quantitative estimate of drug-likeness (QED) is 0.0224. The molecule has 3 fully saturated rings. The standard InChI is InChI=1S/C64H80F3N9O9S3/c1-5-12-43(2)52-40-63(3,4)29-25-45(52)41-74-35-37-75(38-36-74)48-19-17-44(18-20-48)59(78)72-88(84,85)50-21-22-53(56(39-50)87(82,83)64(65,66)67)70-47(42-86-49-13-7-6-8-14-49)28-34-73-32-26-46(27-33-73)68-30-9-10-31-69-54-16-11-15-51-58(54)62(81)76(61(51)80)55-23-24-57(77)71-60(55)79/h6-8,11,13-22,39,46-47,55,68-70H,2,5,9-10,12,23-38,40-42H2,1,3-4H3,(H,72,78)(H,71,77,79)/t47-,55?/m1/s1. The molecule has 24 heteroatoms. The molecule has 4 aromatic carbocycles. The van der Waals surface area contributed by atoms with Crippen molar-refractivity contribution in [3.05, 3.63) is 131 Å². The molecular formula is C64H80F3N9O9S3. The van der Waals surface area contributed by atoms with Crippen molar-refractivity contribution in [2.45, 2.75) is 136 Å². The summed E-state index contributed by atoms with van der Waals surface area (Å²) in [5.74, 6) is -2.98. The molecule has 18 nitrogen and oxygen atoms in total. The highest BCUT2D eigenvalue weighted by Gasteiger charge is 2.49. The van der Waals surface area contributed by atoms with Crippen molar-refractivity contribution in [2.75, 3.05) is 86.7 Å². The Bertz CT molecular complexity index is 3500. The zero-order valence-electron chi connectivity index (χ0n) is 50.2. The number of allylic oxidation sites excluding steroid dienone is 2. The Labute approximate surface area is 518 Å². The summed E-state index contributed by atoms with van der Waals surface area (Å²) in [6, 6.07) is 21.7. The number of fused-ring (bicyclic) bond motifs is 1. The number of likely N-dealkylation sites (tertiary alicyclic amines) is 1. The van der Waals surface area contributed by atoms with Gasteiger partial charge in [0.05, 0.1) is 21.7 Å². The largest absolute Gasteiger partial charge is 0.501 e. The normalized spacial score (nSPS) is 19.4. The van der Waals surface area contributed by atoms with Crippen molar-refractivity contribution >= 4 is 78.2 Å². The minimum atomic E-state index is -6.13. The Morgan fingerprint density at radius 2 is 1.53 bits per heavy atom. The number of sulfonamides is 1. The number of halogens is 3. The van der Waals surface area contributed by atoms with Crippen molar-refractivity contribution < 1.29 is 54.0 Å². The lowest BCUT2D eigenvalue weighted by Crippen LogP contribution is -2.54. The molecule has 0 spiro atoms. The van der Waals surface area contributed by atoms with E-state index in [2.05, 4.69) is 63.3 Å². The van der Waals surface area contributed by atoms with Crippen LogP contribution in [0.25, 0.3) is 0 Å². The lowest BCUT2D eigenvalue weighted by Gasteiger charge is -2.39. The van der Waals surface area contributed by atoms with Crippen LogP contribution in [0.2, 0.25) is 0 Å². The van der Waals surface area contributed by atoms with Gasteiger partial charge in [-0.05, 0) is 162 Å². The summed E-state index contributed by atoms with van der Waals surface area (Å²) in [4.78, 5) is 71.1. The molecule has 474 valence electrons. The minimum absolute atomic E-state index is 0.0159. The molecule has 9 rings (SSSR count). The zero-order valence-corrected chi connectivity index (χ0v) is 52.6. The summed E-state index contributed by atoms with van der Waals surface area (Å²) in [5.41, 5.74) is -0.0852. The van der Waals surface area contributed by atoms with Crippen molar-refractivity contribution in [1.29, 1.82) is 0 Å². The Balaban J connectivity index is 0.771. The lowest BCUT2D eigenvalue weighted by atomic mass is 9.72. The van der Waals surface area contributed by atoms with Crippen LogP contribution in [0.1, 0.15) is 129 Å². The van der Waals surface area contributed by atoms with Crippen LogP contribution in [-0.4, -0.2) is 156 Å². The van der Waals surface area contributed by atoms with Crippen LogP contribution in [0.15, 0.2) is 129 Å². The first-order valence-corrected chi connectivity index (χ1v) is 34.3. The van der Waals surface area contributed by atoms with Crippen LogP contribution in [0.4, 0.5) is 30.2 Å². The fourth-order valence-corrected chi connectivity index (χ4v) is 15.3. The van der Waals surface area contributed by atoms with Crippen molar-refractivity contribution in [1.82, 2.24) is 30.1 Å². The van der Waals surface area contributed by atoms with E-state index in [-0.39, 0.29) is 41.0 Å². The SMILES string of the molecule is C=C(CCC)C1=C(CN2CCN(c3ccc(C(=O)NS(=O)(=O)c4ccc(N[C@H](CCN5CCC(NCCCCNc6cccc7c6C(=O)N(C6CCC(=O)NC6=O)C7=O)CC5)CSc5ccccc5)c(S(=O)(=O)C(F)(F)F)c4)cc3)CC2)CCC(C)(C)C1. The predicted molar refractivity (Wildman–Crippen MR) is 336 cm³/mol. The molecule has 88 heavy (non-hydrogen) atoms. The van der Waals surface area contributed by atoms with Gasteiger partial charge >= 0.3 is 5.51 Å². The molecular weight excluding hydrogens is 1190 g/mol. The molecule has 4 heterocycles.